The number of nitrogens with zero attached hydrogens (tertiary/aromatic N) is 5. The van der Waals surface area contributed by atoms with Gasteiger partial charge in [-0.15, -0.1) is 0 Å². The lowest BCUT2D eigenvalue weighted by Gasteiger charge is -2.28. The molecule has 3 heterocycles. The minimum absolute atomic E-state index is 0.466. The molecule has 0 aromatic carbocycles. The van der Waals surface area contributed by atoms with Crippen LogP contribution < -0.4 is 10.2 Å². The Morgan fingerprint density at radius 3 is 2.59 bits per heavy atom. The summed E-state index contributed by atoms with van der Waals surface area (Å²) < 4.78 is 7.04. The number of hydrogen-bond acceptors (Lipinski definition) is 6. The fourth-order valence-electron chi connectivity index (χ4n) is 2.67. The van der Waals surface area contributed by atoms with Crippen molar-refractivity contribution in [3.8, 4) is 5.95 Å². The van der Waals surface area contributed by atoms with E-state index in [9.17, 15) is 0 Å². The number of hydrogen-bond donors (Lipinski definition) is 1. The monoisotopic (exact) mass is 302 g/mol. The van der Waals surface area contributed by atoms with Crippen molar-refractivity contribution in [1.29, 1.82) is 0 Å². The van der Waals surface area contributed by atoms with Gasteiger partial charge in [0.2, 0.25) is 0 Å². The van der Waals surface area contributed by atoms with Crippen LogP contribution in [0, 0.1) is 13.8 Å². The summed E-state index contributed by atoms with van der Waals surface area (Å²) in [4.78, 5) is 11.6. The molecular weight excluding hydrogens is 280 g/mol. The molecule has 1 saturated heterocycles. The van der Waals surface area contributed by atoms with E-state index >= 15 is 0 Å². The lowest BCUT2D eigenvalue weighted by Crippen LogP contribution is -2.44. The lowest BCUT2D eigenvalue weighted by atomic mass is 10.3. The second kappa shape index (κ2) is 6.41. The minimum Gasteiger partial charge on any atom is -0.378 e. The third kappa shape index (κ3) is 3.10. The van der Waals surface area contributed by atoms with Gasteiger partial charge in [-0.2, -0.15) is 10.1 Å². The van der Waals surface area contributed by atoms with Gasteiger partial charge in [-0.25, -0.2) is 9.67 Å². The summed E-state index contributed by atoms with van der Waals surface area (Å²) >= 11 is 0. The first kappa shape index (κ1) is 14.9. The summed E-state index contributed by atoms with van der Waals surface area (Å²) in [5.74, 6) is 1.54. The molecule has 118 valence electrons. The van der Waals surface area contributed by atoms with E-state index in [0.29, 0.717) is 12.6 Å². The zero-order valence-corrected chi connectivity index (χ0v) is 13.3. The maximum absolute atomic E-state index is 5.25. The molecule has 1 aliphatic heterocycles. The third-order valence-corrected chi connectivity index (χ3v) is 3.69. The maximum atomic E-state index is 5.25. The molecule has 22 heavy (non-hydrogen) atoms. The van der Waals surface area contributed by atoms with Crippen LogP contribution in [-0.2, 0) is 11.3 Å². The highest BCUT2D eigenvalue weighted by atomic mass is 16.5. The van der Waals surface area contributed by atoms with Crippen LogP contribution >= 0.6 is 0 Å². The lowest BCUT2D eigenvalue weighted by molar-refractivity contribution is 0.181. The average molecular weight is 302 g/mol. The number of nitrogens with one attached hydrogen (secondary N) is 1. The molecule has 0 amide bonds. The fraction of sp³-hybridized carbons (Fsp3) is 0.533. The Kier molecular flexibility index (Phi) is 4.35. The van der Waals surface area contributed by atoms with Crippen molar-refractivity contribution in [2.75, 3.05) is 38.2 Å². The number of anilines is 1. The highest BCUT2D eigenvalue weighted by Gasteiger charge is 2.16. The Morgan fingerprint density at radius 2 is 1.95 bits per heavy atom. The van der Waals surface area contributed by atoms with E-state index in [-0.39, 0.29) is 0 Å². The molecule has 2 aromatic rings. The Morgan fingerprint density at radius 1 is 1.18 bits per heavy atom. The highest BCUT2D eigenvalue weighted by molar-refractivity contribution is 5.43. The fourth-order valence-corrected chi connectivity index (χ4v) is 2.67. The molecule has 0 aliphatic carbocycles. The molecule has 0 bridgehead atoms. The van der Waals surface area contributed by atoms with E-state index < -0.39 is 0 Å². The van der Waals surface area contributed by atoms with E-state index in [1.807, 2.05) is 26.0 Å². The van der Waals surface area contributed by atoms with Gasteiger partial charge in [-0.05, 0) is 19.9 Å². The summed E-state index contributed by atoms with van der Waals surface area (Å²) in [5, 5.41) is 7.84. The van der Waals surface area contributed by atoms with Gasteiger partial charge in [-0.3, -0.25) is 0 Å². The van der Waals surface area contributed by atoms with Crippen LogP contribution in [0.15, 0.2) is 12.1 Å². The minimum atomic E-state index is 0.466. The second-order valence-corrected chi connectivity index (χ2v) is 5.53. The summed E-state index contributed by atoms with van der Waals surface area (Å²) in [6.45, 7) is 8.28. The van der Waals surface area contributed by atoms with Crippen molar-refractivity contribution in [2.24, 2.45) is 0 Å². The summed E-state index contributed by atoms with van der Waals surface area (Å²) in [6.07, 6.45) is 0. The molecule has 0 unspecified atom stereocenters. The van der Waals surface area contributed by atoms with Gasteiger partial charge in [0.15, 0.2) is 0 Å². The zero-order valence-electron chi connectivity index (χ0n) is 13.3. The first-order chi connectivity index (χ1) is 10.7. The van der Waals surface area contributed by atoms with E-state index in [1.165, 1.54) is 0 Å². The Balaban J connectivity index is 2.01. The zero-order chi connectivity index (χ0) is 15.5. The molecule has 2 aromatic heterocycles. The van der Waals surface area contributed by atoms with Crippen LogP contribution in [0.4, 0.5) is 5.82 Å². The molecule has 7 nitrogen and oxygen atoms in total. The number of ether oxygens (including phenoxy) is 1. The predicted molar refractivity (Wildman–Crippen MR) is 84.4 cm³/mol. The van der Waals surface area contributed by atoms with Gasteiger partial charge in [-0.1, -0.05) is 0 Å². The van der Waals surface area contributed by atoms with Crippen LogP contribution in [0.5, 0.6) is 0 Å². The number of methoxy groups -OCH3 is 1. The van der Waals surface area contributed by atoms with Crippen molar-refractivity contribution in [2.45, 2.75) is 20.5 Å². The molecular formula is C15H22N6O. The Hall–Kier alpha value is -1.99. The van der Waals surface area contributed by atoms with Gasteiger partial charge in [0.1, 0.15) is 5.82 Å². The predicted octanol–water partition coefficient (Wildman–Crippen LogP) is 0.835. The first-order valence-electron chi connectivity index (χ1n) is 7.53. The van der Waals surface area contributed by atoms with Crippen LogP contribution in [0.1, 0.15) is 17.1 Å². The van der Waals surface area contributed by atoms with Crippen LogP contribution in [0.2, 0.25) is 0 Å². The van der Waals surface area contributed by atoms with E-state index in [4.69, 9.17) is 9.72 Å². The number of rotatable bonds is 4. The smallest absolute Gasteiger partial charge is 0.253 e. The molecule has 1 N–H and O–H groups in total. The molecule has 0 saturated carbocycles. The SMILES string of the molecule is COCc1cc(N2CCNCC2)nc(-n2nc(C)cc2C)n1. The van der Waals surface area contributed by atoms with Crippen molar-refractivity contribution in [3.63, 3.8) is 0 Å². The van der Waals surface area contributed by atoms with Crippen LogP contribution in [-0.4, -0.2) is 53.0 Å². The number of piperazine rings is 1. The Bertz CT molecular complexity index is 647. The summed E-state index contributed by atoms with van der Waals surface area (Å²) in [7, 11) is 1.68. The van der Waals surface area contributed by atoms with Crippen molar-refractivity contribution < 1.29 is 4.74 Å². The molecule has 7 heteroatoms. The second-order valence-electron chi connectivity index (χ2n) is 5.53. The normalized spacial score (nSPS) is 15.3. The van der Waals surface area contributed by atoms with Crippen molar-refractivity contribution in [1.82, 2.24) is 25.1 Å². The quantitative estimate of drug-likeness (QED) is 0.902. The van der Waals surface area contributed by atoms with E-state index in [1.54, 1.807) is 11.8 Å². The third-order valence-electron chi connectivity index (χ3n) is 3.69. The number of aryl methyl sites for hydroxylation is 2. The van der Waals surface area contributed by atoms with E-state index in [2.05, 4.69) is 20.3 Å². The number of aromatic nitrogens is 4. The largest absolute Gasteiger partial charge is 0.378 e. The molecule has 0 spiro atoms. The standard InChI is InChI=1S/C15H22N6O/c1-11-8-12(2)21(19-11)15-17-13(10-22-3)9-14(18-15)20-6-4-16-5-7-20/h8-9,16H,4-7,10H2,1-3H3. The summed E-state index contributed by atoms with van der Waals surface area (Å²) in [6, 6.07) is 4.03. The van der Waals surface area contributed by atoms with Gasteiger partial charge in [0.25, 0.3) is 5.95 Å². The van der Waals surface area contributed by atoms with E-state index in [0.717, 1.165) is 49.1 Å². The van der Waals surface area contributed by atoms with Gasteiger partial charge in [0, 0.05) is 45.0 Å². The first-order valence-corrected chi connectivity index (χ1v) is 7.53. The Labute approximate surface area is 130 Å². The molecule has 0 radical (unpaired) electrons. The summed E-state index contributed by atoms with van der Waals surface area (Å²) in [5.41, 5.74) is 2.86. The molecule has 1 fully saturated rings. The van der Waals surface area contributed by atoms with Gasteiger partial charge >= 0.3 is 0 Å². The van der Waals surface area contributed by atoms with Gasteiger partial charge in [0.05, 0.1) is 18.0 Å². The highest BCUT2D eigenvalue weighted by Crippen LogP contribution is 2.17. The molecule has 1 aliphatic rings. The van der Waals surface area contributed by atoms with Gasteiger partial charge < -0.3 is 15.0 Å². The van der Waals surface area contributed by atoms with Crippen molar-refractivity contribution >= 4 is 5.82 Å². The van der Waals surface area contributed by atoms with Crippen LogP contribution in [0.25, 0.3) is 5.95 Å². The average Bonchev–Trinajstić information content (AvgIpc) is 2.87. The maximum Gasteiger partial charge on any atom is 0.253 e. The van der Waals surface area contributed by atoms with Crippen molar-refractivity contribution in [3.05, 3.63) is 29.2 Å². The molecule has 3 rings (SSSR count). The molecule has 0 atom stereocenters. The topological polar surface area (TPSA) is 68.1 Å². The van der Waals surface area contributed by atoms with Crippen LogP contribution in [0.3, 0.4) is 0 Å².